The average Bonchev–Trinajstić information content (AvgIpc) is 3.20. The van der Waals surface area contributed by atoms with Gasteiger partial charge in [-0.1, -0.05) is 60.2 Å². The molecule has 11 heteroatoms. The summed E-state index contributed by atoms with van der Waals surface area (Å²) in [7, 11) is -2.34. The van der Waals surface area contributed by atoms with E-state index in [0.717, 1.165) is 16.1 Å². The summed E-state index contributed by atoms with van der Waals surface area (Å²) < 4.78 is 31.4. The van der Waals surface area contributed by atoms with Gasteiger partial charge in [0.1, 0.15) is 16.8 Å². The van der Waals surface area contributed by atoms with Crippen molar-refractivity contribution in [1.29, 1.82) is 0 Å². The Kier molecular flexibility index (Phi) is 7.14. The van der Waals surface area contributed by atoms with Crippen LogP contribution in [0.15, 0.2) is 48.5 Å². The van der Waals surface area contributed by atoms with E-state index in [4.69, 9.17) is 16.3 Å². The van der Waals surface area contributed by atoms with E-state index in [2.05, 4.69) is 15.5 Å². The van der Waals surface area contributed by atoms with Crippen LogP contribution in [-0.4, -0.2) is 43.9 Å². The number of amides is 1. The van der Waals surface area contributed by atoms with Gasteiger partial charge in [0, 0.05) is 5.56 Å². The molecule has 31 heavy (non-hydrogen) atoms. The van der Waals surface area contributed by atoms with E-state index < -0.39 is 22.0 Å². The summed E-state index contributed by atoms with van der Waals surface area (Å²) in [5.41, 5.74) is 1.13. The fraction of sp³-hybridized carbons (Fsp3) is 0.250. The van der Waals surface area contributed by atoms with Crippen molar-refractivity contribution >= 4 is 49.7 Å². The summed E-state index contributed by atoms with van der Waals surface area (Å²) in [6.07, 6.45) is 1.27. The van der Waals surface area contributed by atoms with Crippen molar-refractivity contribution in [2.24, 2.45) is 0 Å². The number of rotatable bonds is 8. The molecule has 1 aromatic heterocycles. The number of benzene rings is 2. The highest BCUT2D eigenvalue weighted by molar-refractivity contribution is 7.92. The van der Waals surface area contributed by atoms with E-state index in [1.165, 1.54) is 24.5 Å². The van der Waals surface area contributed by atoms with E-state index in [0.29, 0.717) is 10.8 Å². The highest BCUT2D eigenvalue weighted by Gasteiger charge is 2.32. The van der Waals surface area contributed by atoms with Crippen molar-refractivity contribution in [2.45, 2.75) is 19.4 Å². The molecule has 0 bridgehead atoms. The molecular weight excluding hydrogens is 460 g/mol. The molecule has 1 atom stereocenters. The summed E-state index contributed by atoms with van der Waals surface area (Å²) in [6, 6.07) is 13.0. The molecule has 2 aromatic carbocycles. The Bertz CT molecular complexity index is 1170. The normalized spacial score (nSPS) is 12.3. The third-order valence-corrected chi connectivity index (χ3v) is 6.76. The molecule has 1 amide bonds. The highest BCUT2D eigenvalue weighted by atomic mass is 35.5. The maximum Gasteiger partial charge on any atom is 0.250 e. The number of sulfonamides is 1. The monoisotopic (exact) mass is 480 g/mol. The Hall–Kier alpha value is -2.69. The van der Waals surface area contributed by atoms with E-state index in [1.54, 1.807) is 19.1 Å². The molecule has 164 valence electrons. The van der Waals surface area contributed by atoms with Gasteiger partial charge in [0.05, 0.1) is 24.1 Å². The number of carbonyl (C=O) groups excluding carboxylic acids is 1. The summed E-state index contributed by atoms with van der Waals surface area (Å²) in [4.78, 5) is 13.0. The van der Waals surface area contributed by atoms with E-state index in [9.17, 15) is 13.2 Å². The predicted molar refractivity (Wildman–Crippen MR) is 123 cm³/mol. The largest absolute Gasteiger partial charge is 0.495 e. The van der Waals surface area contributed by atoms with Gasteiger partial charge in [0.25, 0.3) is 0 Å². The van der Waals surface area contributed by atoms with E-state index in [1.807, 2.05) is 30.3 Å². The van der Waals surface area contributed by atoms with Gasteiger partial charge in [0.15, 0.2) is 0 Å². The standard InChI is InChI=1S/C20H21ClN4O4S2/c1-4-16(25(31(3,27)28)14-10-11-17(29-2)15(21)12-14)18(26)22-20-24-23-19(30-20)13-8-6-5-7-9-13/h5-12,16H,4H2,1-3H3,(H,22,24,26). The molecule has 1 unspecified atom stereocenters. The van der Waals surface area contributed by atoms with Crippen LogP contribution >= 0.6 is 22.9 Å². The summed E-state index contributed by atoms with van der Waals surface area (Å²) in [5, 5.41) is 12.0. The van der Waals surface area contributed by atoms with Crippen LogP contribution in [0.4, 0.5) is 10.8 Å². The minimum absolute atomic E-state index is 0.229. The zero-order valence-corrected chi connectivity index (χ0v) is 19.5. The molecule has 0 spiro atoms. The summed E-state index contributed by atoms with van der Waals surface area (Å²) in [5.74, 6) is -0.116. The first-order chi connectivity index (χ1) is 14.7. The molecular formula is C20H21ClN4O4S2. The van der Waals surface area contributed by atoms with Crippen molar-refractivity contribution in [1.82, 2.24) is 10.2 Å². The number of hydrogen-bond donors (Lipinski definition) is 1. The average molecular weight is 481 g/mol. The van der Waals surface area contributed by atoms with Crippen LogP contribution in [0.25, 0.3) is 10.6 Å². The zero-order chi connectivity index (χ0) is 22.6. The Morgan fingerprint density at radius 3 is 2.52 bits per heavy atom. The van der Waals surface area contributed by atoms with Gasteiger partial charge in [-0.2, -0.15) is 0 Å². The smallest absolute Gasteiger partial charge is 0.250 e. The number of nitrogens with one attached hydrogen (secondary N) is 1. The van der Waals surface area contributed by atoms with E-state index in [-0.39, 0.29) is 22.3 Å². The number of halogens is 1. The first-order valence-corrected chi connectivity index (χ1v) is 12.3. The Morgan fingerprint density at radius 1 is 1.23 bits per heavy atom. The highest BCUT2D eigenvalue weighted by Crippen LogP contribution is 2.32. The molecule has 1 heterocycles. The molecule has 0 aliphatic heterocycles. The quantitative estimate of drug-likeness (QED) is 0.522. The fourth-order valence-electron chi connectivity index (χ4n) is 3.01. The van der Waals surface area contributed by atoms with Crippen LogP contribution < -0.4 is 14.4 Å². The lowest BCUT2D eigenvalue weighted by atomic mass is 10.2. The number of methoxy groups -OCH3 is 1. The second kappa shape index (κ2) is 9.63. The van der Waals surface area contributed by atoms with Crippen LogP contribution in [0.5, 0.6) is 5.75 Å². The zero-order valence-electron chi connectivity index (χ0n) is 17.1. The van der Waals surface area contributed by atoms with Crippen molar-refractivity contribution in [3.63, 3.8) is 0 Å². The van der Waals surface area contributed by atoms with Gasteiger partial charge in [-0.15, -0.1) is 10.2 Å². The number of carbonyl (C=O) groups is 1. The Labute approximate surface area is 189 Å². The van der Waals surface area contributed by atoms with Crippen LogP contribution in [-0.2, 0) is 14.8 Å². The minimum atomic E-state index is -3.80. The first-order valence-electron chi connectivity index (χ1n) is 9.27. The van der Waals surface area contributed by atoms with Crippen LogP contribution in [0.3, 0.4) is 0 Å². The van der Waals surface area contributed by atoms with E-state index >= 15 is 0 Å². The van der Waals surface area contributed by atoms with Gasteiger partial charge in [-0.3, -0.25) is 14.4 Å². The lowest BCUT2D eigenvalue weighted by molar-refractivity contribution is -0.117. The van der Waals surface area contributed by atoms with Crippen molar-refractivity contribution in [3.8, 4) is 16.3 Å². The SMILES string of the molecule is CCC(C(=O)Nc1nnc(-c2ccccc2)s1)N(c1ccc(OC)c(Cl)c1)S(C)(=O)=O. The number of anilines is 2. The minimum Gasteiger partial charge on any atom is -0.495 e. The van der Waals surface area contributed by atoms with Gasteiger partial charge in [-0.05, 0) is 24.6 Å². The molecule has 0 saturated heterocycles. The lowest BCUT2D eigenvalue weighted by Crippen LogP contribution is -2.47. The second-order valence-corrected chi connectivity index (χ2v) is 9.81. The first kappa shape index (κ1) is 23.0. The Morgan fingerprint density at radius 2 is 1.94 bits per heavy atom. The lowest BCUT2D eigenvalue weighted by Gasteiger charge is -2.30. The van der Waals surface area contributed by atoms with Crippen LogP contribution in [0, 0.1) is 0 Å². The van der Waals surface area contributed by atoms with Gasteiger partial charge in [-0.25, -0.2) is 8.42 Å². The molecule has 0 saturated carbocycles. The predicted octanol–water partition coefficient (Wildman–Crippen LogP) is 4.05. The molecule has 1 N–H and O–H groups in total. The number of hydrogen-bond acceptors (Lipinski definition) is 7. The van der Waals surface area contributed by atoms with Crippen LogP contribution in [0.1, 0.15) is 13.3 Å². The van der Waals surface area contributed by atoms with Gasteiger partial charge < -0.3 is 4.74 Å². The molecule has 3 aromatic rings. The number of nitrogens with zero attached hydrogens (tertiary/aromatic N) is 3. The molecule has 0 fully saturated rings. The fourth-order valence-corrected chi connectivity index (χ4v) is 5.22. The molecule has 3 rings (SSSR count). The van der Waals surface area contributed by atoms with Crippen molar-refractivity contribution in [2.75, 3.05) is 23.0 Å². The number of aromatic nitrogens is 2. The van der Waals surface area contributed by atoms with Crippen molar-refractivity contribution < 1.29 is 17.9 Å². The summed E-state index contributed by atoms with van der Waals surface area (Å²) in [6.45, 7) is 1.73. The molecule has 8 nitrogen and oxygen atoms in total. The molecule has 0 aliphatic carbocycles. The third-order valence-electron chi connectivity index (χ3n) is 4.40. The third kappa shape index (κ3) is 5.33. The van der Waals surface area contributed by atoms with Gasteiger partial charge in [0.2, 0.25) is 21.1 Å². The molecule has 0 radical (unpaired) electrons. The number of ether oxygens (including phenoxy) is 1. The van der Waals surface area contributed by atoms with Crippen LogP contribution in [0.2, 0.25) is 5.02 Å². The second-order valence-electron chi connectivity index (χ2n) is 6.57. The maximum atomic E-state index is 13.0. The maximum absolute atomic E-state index is 13.0. The van der Waals surface area contributed by atoms with Gasteiger partial charge >= 0.3 is 0 Å². The Balaban J connectivity index is 1.88. The summed E-state index contributed by atoms with van der Waals surface area (Å²) >= 11 is 7.38. The topological polar surface area (TPSA) is 101 Å². The molecule has 0 aliphatic rings. The van der Waals surface area contributed by atoms with Crippen molar-refractivity contribution in [3.05, 3.63) is 53.6 Å².